The molecule has 0 atom stereocenters. The normalized spacial score (nSPS) is 12.8. The number of hydrogen-bond donors (Lipinski definition) is 1. The Morgan fingerprint density at radius 1 is 0.587 bits per heavy atom. The van der Waals surface area contributed by atoms with Crippen molar-refractivity contribution in [1.82, 2.24) is 15.1 Å². The van der Waals surface area contributed by atoms with Crippen molar-refractivity contribution in [3.05, 3.63) is 12.2 Å². The van der Waals surface area contributed by atoms with E-state index in [1.165, 1.54) is 12.2 Å². The molecule has 1 heterocycles. The van der Waals surface area contributed by atoms with Gasteiger partial charge >= 0.3 is 0 Å². The van der Waals surface area contributed by atoms with E-state index < -0.39 is 0 Å². The van der Waals surface area contributed by atoms with Gasteiger partial charge in [-0.3, -0.25) is 24.1 Å². The number of amides is 4. The van der Waals surface area contributed by atoms with E-state index in [1.807, 2.05) is 13.8 Å². The Kier molecular flexibility index (Phi) is 27.0. The van der Waals surface area contributed by atoms with Crippen LogP contribution in [-0.4, -0.2) is 165 Å². The first-order valence-electron chi connectivity index (χ1n) is 16.2. The summed E-state index contributed by atoms with van der Waals surface area (Å²) in [6.45, 7) is 12.8. The largest absolute Gasteiger partial charge is 0.379 e. The van der Waals surface area contributed by atoms with E-state index in [1.54, 1.807) is 4.90 Å². The summed E-state index contributed by atoms with van der Waals surface area (Å²) < 4.78 is 43.4. The predicted octanol–water partition coefficient (Wildman–Crippen LogP) is 0.199. The van der Waals surface area contributed by atoms with Crippen molar-refractivity contribution in [3.63, 3.8) is 0 Å². The molecule has 15 nitrogen and oxygen atoms in total. The van der Waals surface area contributed by atoms with Crippen molar-refractivity contribution in [1.29, 1.82) is 0 Å². The highest BCUT2D eigenvalue weighted by Gasteiger charge is 2.22. The molecule has 1 aliphatic rings. The quantitative estimate of drug-likeness (QED) is 0.0753. The van der Waals surface area contributed by atoms with Crippen molar-refractivity contribution in [3.8, 4) is 0 Å². The number of carbonyl (C=O) groups is 4. The lowest BCUT2D eigenvalue weighted by molar-refractivity contribution is -0.137. The Bertz CT molecular complexity index is 824. The highest BCUT2D eigenvalue weighted by molar-refractivity contribution is 6.12. The minimum Gasteiger partial charge on any atom is -0.379 e. The fourth-order valence-electron chi connectivity index (χ4n) is 3.90. The summed E-state index contributed by atoms with van der Waals surface area (Å²) in [7, 11) is 0. The third-order valence-corrected chi connectivity index (χ3v) is 6.44. The van der Waals surface area contributed by atoms with Gasteiger partial charge in [-0.05, 0) is 20.3 Å². The Hall–Kier alpha value is -2.50. The van der Waals surface area contributed by atoms with Crippen LogP contribution in [0.25, 0.3) is 0 Å². The molecule has 0 aromatic carbocycles. The lowest BCUT2D eigenvalue weighted by Crippen LogP contribution is -2.33. The maximum absolute atomic E-state index is 11.9. The van der Waals surface area contributed by atoms with Gasteiger partial charge in [0.05, 0.1) is 112 Å². The molecule has 0 spiro atoms. The highest BCUT2D eigenvalue weighted by atomic mass is 16.6. The van der Waals surface area contributed by atoms with Crippen LogP contribution in [0.4, 0.5) is 0 Å². The van der Waals surface area contributed by atoms with Crippen molar-refractivity contribution >= 4 is 23.6 Å². The molecule has 4 amide bonds. The van der Waals surface area contributed by atoms with Gasteiger partial charge in [-0.25, -0.2) is 0 Å². The minimum absolute atomic E-state index is 0.0880. The number of nitrogens with zero attached hydrogens (tertiary/aromatic N) is 2. The van der Waals surface area contributed by atoms with Crippen LogP contribution < -0.4 is 5.32 Å². The molecule has 0 saturated heterocycles. The summed E-state index contributed by atoms with van der Waals surface area (Å²) in [5, 5.41) is 2.81. The van der Waals surface area contributed by atoms with Gasteiger partial charge in [0.2, 0.25) is 11.8 Å². The van der Waals surface area contributed by atoms with Crippen LogP contribution in [0.15, 0.2) is 12.2 Å². The molecule has 266 valence electrons. The molecule has 0 radical (unpaired) electrons. The van der Waals surface area contributed by atoms with Gasteiger partial charge in [-0.15, -0.1) is 0 Å². The molecule has 1 N–H and O–H groups in total. The van der Waals surface area contributed by atoms with E-state index in [9.17, 15) is 19.2 Å². The Labute approximate surface area is 273 Å². The van der Waals surface area contributed by atoms with Crippen LogP contribution in [0.5, 0.6) is 0 Å². The zero-order chi connectivity index (χ0) is 33.5. The average molecular weight is 662 g/mol. The van der Waals surface area contributed by atoms with Gasteiger partial charge in [0.1, 0.15) is 0 Å². The minimum atomic E-state index is -0.312. The summed E-state index contributed by atoms with van der Waals surface area (Å²) in [4.78, 5) is 49.4. The molecular weight excluding hydrogens is 606 g/mol. The van der Waals surface area contributed by atoms with Gasteiger partial charge in [0.15, 0.2) is 0 Å². The summed E-state index contributed by atoms with van der Waals surface area (Å²) in [5.74, 6) is -0.593. The average Bonchev–Trinajstić information content (AvgIpc) is 3.37. The second-order valence-corrected chi connectivity index (χ2v) is 9.83. The number of hydrogen-bond acceptors (Lipinski definition) is 12. The molecule has 0 fully saturated rings. The summed E-state index contributed by atoms with van der Waals surface area (Å²) in [6.07, 6.45) is 3.84. The molecule has 46 heavy (non-hydrogen) atoms. The summed E-state index contributed by atoms with van der Waals surface area (Å²) in [5.41, 5.74) is 0. The first-order valence-corrected chi connectivity index (χ1v) is 16.2. The number of rotatable bonds is 33. The fourth-order valence-corrected chi connectivity index (χ4v) is 3.90. The number of nitrogens with one attached hydrogen (secondary N) is 1. The molecule has 1 aliphatic heterocycles. The van der Waals surface area contributed by atoms with Crippen molar-refractivity contribution in [2.75, 3.05) is 132 Å². The van der Waals surface area contributed by atoms with Crippen LogP contribution >= 0.6 is 0 Å². The molecule has 0 aromatic heterocycles. The second-order valence-electron chi connectivity index (χ2n) is 9.83. The van der Waals surface area contributed by atoms with Crippen LogP contribution in [0.2, 0.25) is 0 Å². The fraction of sp³-hybridized carbons (Fsp3) is 0.806. The van der Waals surface area contributed by atoms with E-state index in [4.69, 9.17) is 37.9 Å². The monoisotopic (exact) mass is 661 g/mol. The van der Waals surface area contributed by atoms with Gasteiger partial charge in [-0.1, -0.05) is 0 Å². The van der Waals surface area contributed by atoms with E-state index in [0.717, 1.165) is 4.90 Å². The van der Waals surface area contributed by atoms with Crippen LogP contribution in [0.3, 0.4) is 0 Å². The van der Waals surface area contributed by atoms with E-state index in [-0.39, 0.29) is 43.2 Å². The third kappa shape index (κ3) is 22.9. The Morgan fingerprint density at radius 3 is 1.35 bits per heavy atom. The smallest absolute Gasteiger partial charge is 0.253 e. The predicted molar refractivity (Wildman–Crippen MR) is 167 cm³/mol. The number of imide groups is 1. The van der Waals surface area contributed by atoms with Crippen molar-refractivity contribution in [2.24, 2.45) is 0 Å². The zero-order valence-electron chi connectivity index (χ0n) is 27.7. The topological polar surface area (TPSA) is 161 Å². The summed E-state index contributed by atoms with van der Waals surface area (Å²) >= 11 is 0. The van der Waals surface area contributed by atoms with Gasteiger partial charge in [-0.2, -0.15) is 0 Å². The van der Waals surface area contributed by atoms with E-state index in [2.05, 4.69) is 5.32 Å². The molecule has 0 aliphatic carbocycles. The highest BCUT2D eigenvalue weighted by Crippen LogP contribution is 2.02. The maximum atomic E-state index is 11.9. The molecule has 0 saturated carbocycles. The first kappa shape index (κ1) is 41.5. The van der Waals surface area contributed by atoms with Crippen LogP contribution in [0.1, 0.15) is 33.1 Å². The van der Waals surface area contributed by atoms with Gasteiger partial charge in [0.25, 0.3) is 11.8 Å². The summed E-state index contributed by atoms with van der Waals surface area (Å²) in [6, 6.07) is 0. The molecule has 15 heteroatoms. The molecule has 0 aromatic rings. The van der Waals surface area contributed by atoms with Gasteiger partial charge < -0.3 is 48.1 Å². The van der Waals surface area contributed by atoms with Crippen LogP contribution in [-0.2, 0) is 57.1 Å². The number of ether oxygens (including phenoxy) is 8. The van der Waals surface area contributed by atoms with E-state index >= 15 is 0 Å². The van der Waals surface area contributed by atoms with E-state index in [0.29, 0.717) is 132 Å². The number of carbonyl (C=O) groups excluding carboxylic acids is 4. The molecule has 1 rings (SSSR count). The second kappa shape index (κ2) is 29.9. The lowest BCUT2D eigenvalue weighted by Gasteiger charge is -2.18. The van der Waals surface area contributed by atoms with Gasteiger partial charge in [0, 0.05) is 44.6 Å². The Balaban J connectivity index is 1.69. The first-order chi connectivity index (χ1) is 22.5. The standard InChI is InChI=1S/C31H55N3O12/c1-3-33(4-2)29(36)6-5-10-32-28(35)9-12-39-14-16-41-18-20-43-22-24-45-26-27-46-25-23-44-21-19-42-17-15-40-13-11-34-30(37)7-8-31(34)38/h7-8H,3-6,9-27H2,1-2H3,(H,32,35). The molecule has 0 unspecified atom stereocenters. The molecule has 0 bridgehead atoms. The third-order valence-electron chi connectivity index (χ3n) is 6.44. The Morgan fingerprint density at radius 2 is 0.957 bits per heavy atom. The van der Waals surface area contributed by atoms with Crippen LogP contribution in [0, 0.1) is 0 Å². The van der Waals surface area contributed by atoms with Crippen molar-refractivity contribution < 1.29 is 57.1 Å². The SMILES string of the molecule is CCN(CC)C(=O)CCCNC(=O)CCOCCOCCOCCOCCOCCOCCOCCOCCN1C(=O)C=CC1=O. The van der Waals surface area contributed by atoms with Crippen molar-refractivity contribution in [2.45, 2.75) is 33.1 Å². The zero-order valence-corrected chi connectivity index (χ0v) is 27.7. The molecular formula is C31H55N3O12. The lowest BCUT2D eigenvalue weighted by atomic mass is 10.2. The maximum Gasteiger partial charge on any atom is 0.253 e.